The van der Waals surface area contributed by atoms with Gasteiger partial charge in [-0.1, -0.05) is 31.2 Å². The fraction of sp³-hybridized carbons (Fsp3) is 0.406. The molecule has 0 heterocycles. The van der Waals surface area contributed by atoms with Crippen LogP contribution in [0.2, 0.25) is 0 Å². The maximum atomic E-state index is 14.9. The smallest absolute Gasteiger partial charge is 0.417 e. The third-order valence-electron chi connectivity index (χ3n) is 9.76. The number of phenolic OH excluding ortho intramolecular Hbond substituents is 1. The Bertz CT molecular complexity index is 1670. The molecule has 0 saturated heterocycles. The predicted molar refractivity (Wildman–Crippen MR) is 150 cm³/mol. The first-order valence-electron chi connectivity index (χ1n) is 14.4. The van der Waals surface area contributed by atoms with E-state index in [1.165, 1.54) is 0 Å². The van der Waals surface area contributed by atoms with Crippen LogP contribution in [-0.4, -0.2) is 61.0 Å². The van der Waals surface area contributed by atoms with Gasteiger partial charge in [0.15, 0.2) is 11.4 Å². The number of rotatable bonds is 5. The number of carbonyl (C=O) groups excluding carboxylic acids is 3. The van der Waals surface area contributed by atoms with Crippen molar-refractivity contribution in [2.24, 2.45) is 17.6 Å². The van der Waals surface area contributed by atoms with Crippen molar-refractivity contribution < 1.29 is 48.0 Å². The number of benzene rings is 2. The van der Waals surface area contributed by atoms with Gasteiger partial charge in [0.2, 0.25) is 5.78 Å². The summed E-state index contributed by atoms with van der Waals surface area (Å²) in [4.78, 5) is 40.0. The second-order valence-electron chi connectivity index (χ2n) is 12.1. The van der Waals surface area contributed by atoms with Crippen molar-refractivity contribution in [2.45, 2.75) is 63.4 Å². The molecule has 232 valence electrons. The van der Waals surface area contributed by atoms with Crippen LogP contribution in [0.5, 0.6) is 5.75 Å². The highest BCUT2D eigenvalue weighted by Gasteiger charge is 2.60. The highest BCUT2D eigenvalue weighted by Crippen LogP contribution is 2.54. The van der Waals surface area contributed by atoms with Crippen LogP contribution in [0.3, 0.4) is 0 Å². The lowest BCUT2D eigenvalue weighted by molar-refractivity contribution is -0.147. The zero-order valence-electron chi connectivity index (χ0n) is 23.7. The van der Waals surface area contributed by atoms with Crippen LogP contribution in [0.25, 0.3) is 5.76 Å². The molecule has 1 saturated carbocycles. The Morgan fingerprint density at radius 2 is 1.70 bits per heavy atom. The monoisotopic (exact) mass is 612 g/mol. The lowest BCUT2D eigenvalue weighted by Gasteiger charge is -2.46. The van der Waals surface area contributed by atoms with Gasteiger partial charge in [-0.3, -0.25) is 19.3 Å². The minimum Gasteiger partial charge on any atom is -0.508 e. The molecule has 1 amide bonds. The average Bonchev–Trinajstić information content (AvgIpc) is 3.36. The highest BCUT2D eigenvalue weighted by atomic mass is 19.4. The van der Waals surface area contributed by atoms with Gasteiger partial charge in [0.1, 0.15) is 22.8 Å². The molecular formula is C32H31F3N2O7. The van der Waals surface area contributed by atoms with Crippen molar-refractivity contribution in [3.8, 4) is 5.75 Å². The average molecular weight is 613 g/mol. The number of fused-ring (bicyclic) bond motifs is 4. The zero-order valence-corrected chi connectivity index (χ0v) is 23.7. The molecule has 2 aromatic carbocycles. The summed E-state index contributed by atoms with van der Waals surface area (Å²) in [7, 11) is 0. The van der Waals surface area contributed by atoms with Crippen molar-refractivity contribution >= 4 is 23.2 Å². The van der Waals surface area contributed by atoms with E-state index in [2.05, 4.69) is 0 Å². The number of nitrogens with two attached hydrogens (primary N) is 1. The van der Waals surface area contributed by atoms with E-state index in [9.17, 15) is 48.0 Å². The number of amides is 1. The van der Waals surface area contributed by atoms with Crippen molar-refractivity contribution in [3.63, 3.8) is 0 Å². The van der Waals surface area contributed by atoms with Gasteiger partial charge in [-0.2, -0.15) is 13.2 Å². The first-order chi connectivity index (χ1) is 20.7. The largest absolute Gasteiger partial charge is 0.508 e. The number of carbonyl (C=O) groups is 3. The number of aliphatic hydroxyl groups excluding tert-OH is 2. The van der Waals surface area contributed by atoms with E-state index >= 15 is 0 Å². The quantitative estimate of drug-likeness (QED) is 0.321. The fourth-order valence-corrected chi connectivity index (χ4v) is 7.75. The van der Waals surface area contributed by atoms with Crippen LogP contribution >= 0.6 is 0 Å². The van der Waals surface area contributed by atoms with Crippen molar-refractivity contribution in [3.05, 3.63) is 80.6 Å². The van der Waals surface area contributed by atoms with E-state index in [1.54, 1.807) is 0 Å². The summed E-state index contributed by atoms with van der Waals surface area (Å²) in [6.07, 6.45) is -4.80. The number of phenols is 1. The van der Waals surface area contributed by atoms with E-state index < -0.39 is 93.5 Å². The highest BCUT2D eigenvalue weighted by molar-refractivity contribution is 6.22. The van der Waals surface area contributed by atoms with E-state index in [-0.39, 0.29) is 30.1 Å². The van der Waals surface area contributed by atoms with Crippen LogP contribution in [0.4, 0.5) is 13.2 Å². The number of alkyl halides is 3. The van der Waals surface area contributed by atoms with Gasteiger partial charge in [-0.25, -0.2) is 0 Å². The minimum absolute atomic E-state index is 0.0555. The molecule has 0 aromatic heterocycles. The Kier molecular flexibility index (Phi) is 6.93. The van der Waals surface area contributed by atoms with Gasteiger partial charge in [0, 0.05) is 30.5 Å². The third-order valence-corrected chi connectivity index (χ3v) is 9.76. The van der Waals surface area contributed by atoms with E-state index in [1.807, 2.05) is 36.1 Å². The van der Waals surface area contributed by atoms with Crippen LogP contribution in [-0.2, 0) is 46.4 Å². The summed E-state index contributed by atoms with van der Waals surface area (Å²) < 4.78 is 44.6. The molecule has 9 nitrogen and oxygen atoms in total. The van der Waals surface area contributed by atoms with Gasteiger partial charge < -0.3 is 26.2 Å². The Hall–Kier alpha value is -4.16. The summed E-state index contributed by atoms with van der Waals surface area (Å²) in [6, 6.07) is 8.74. The molecule has 2 aromatic rings. The molecule has 1 fully saturated rings. The number of halogens is 3. The minimum atomic E-state index is -4.89. The number of hydrogen-bond donors (Lipinski definition) is 5. The van der Waals surface area contributed by atoms with Crippen LogP contribution in [0.1, 0.15) is 53.1 Å². The number of ketones is 2. The Balaban J connectivity index is 1.44. The summed E-state index contributed by atoms with van der Waals surface area (Å²) in [6.45, 7) is 2.17. The SMILES string of the molecule is CCN(Cc1cc(O)c2c(c1C(F)(F)F)CC1C[C@H]3CC(=O)C(C(N)=O)=C(O)[C@@]3(O)C(=O)C1=C2O)C1Cc2ccccc2C1. The molecule has 0 aliphatic heterocycles. The second kappa shape index (κ2) is 10.2. The Morgan fingerprint density at radius 3 is 2.27 bits per heavy atom. The third kappa shape index (κ3) is 4.34. The predicted octanol–water partition coefficient (Wildman–Crippen LogP) is 3.43. The lowest BCUT2D eigenvalue weighted by atomic mass is 9.59. The van der Waals surface area contributed by atoms with Crippen LogP contribution < -0.4 is 5.73 Å². The fourth-order valence-electron chi connectivity index (χ4n) is 7.75. The number of primary amides is 1. The molecule has 0 spiro atoms. The normalized spacial score (nSPS) is 25.2. The van der Waals surface area contributed by atoms with Gasteiger partial charge in [-0.15, -0.1) is 0 Å². The first-order valence-corrected chi connectivity index (χ1v) is 14.4. The molecule has 6 rings (SSSR count). The number of nitrogens with zero attached hydrogens (tertiary/aromatic N) is 1. The summed E-state index contributed by atoms with van der Waals surface area (Å²) in [5.41, 5.74) is 1.07. The molecule has 0 bridgehead atoms. The maximum Gasteiger partial charge on any atom is 0.417 e. The molecule has 4 aliphatic rings. The van der Waals surface area contributed by atoms with Gasteiger partial charge in [0.25, 0.3) is 5.91 Å². The van der Waals surface area contributed by atoms with E-state index in [4.69, 9.17) is 5.73 Å². The van der Waals surface area contributed by atoms with E-state index in [0.717, 1.165) is 17.2 Å². The Labute approximate surface area is 250 Å². The number of aromatic hydroxyl groups is 1. The number of hydrogen-bond acceptors (Lipinski definition) is 8. The molecule has 1 unspecified atom stereocenters. The lowest BCUT2D eigenvalue weighted by Crippen LogP contribution is -2.58. The topological polar surface area (TPSA) is 161 Å². The molecule has 0 radical (unpaired) electrons. The van der Waals surface area contributed by atoms with E-state index in [0.29, 0.717) is 19.4 Å². The molecule has 4 aliphatic carbocycles. The summed E-state index contributed by atoms with van der Waals surface area (Å²) in [5, 5.41) is 44.3. The van der Waals surface area contributed by atoms with Crippen LogP contribution in [0, 0.1) is 11.8 Å². The number of likely N-dealkylation sites (N-methyl/N-ethyl adjacent to an activating group) is 1. The first kappa shape index (κ1) is 29.9. The number of Topliss-reactive ketones (excluding diaryl/α,β-unsaturated/α-hetero) is 2. The van der Waals surface area contributed by atoms with Gasteiger partial charge >= 0.3 is 6.18 Å². The standard InChI is InChI=1S/C32H31F3N2O7/c1-2-37(19-8-14-5-3-4-6-15(14)9-19)13-17-11-21(38)24-20(26(17)32(33,34)35)10-16-7-18-12-22(39)25(30(36)43)29(42)31(18,44)28(41)23(16)27(24)40/h3-6,11,16,18-19,38,40,42,44H,2,7-10,12-13H2,1H3,(H2,36,43)/t16?,18-,31-/m0/s1. The van der Waals surface area contributed by atoms with Crippen molar-refractivity contribution in [2.75, 3.05) is 6.54 Å². The maximum absolute atomic E-state index is 14.9. The summed E-state index contributed by atoms with van der Waals surface area (Å²) in [5.74, 6) is -8.75. The molecule has 3 atom stereocenters. The Morgan fingerprint density at radius 1 is 1.07 bits per heavy atom. The molecule has 12 heteroatoms. The van der Waals surface area contributed by atoms with Gasteiger partial charge in [0.05, 0.1) is 11.1 Å². The summed E-state index contributed by atoms with van der Waals surface area (Å²) >= 11 is 0. The molecule has 6 N–H and O–H groups in total. The molecular weight excluding hydrogens is 581 g/mol. The number of aliphatic hydroxyl groups is 3. The van der Waals surface area contributed by atoms with Crippen LogP contribution in [0.15, 0.2) is 47.2 Å². The second-order valence-corrected chi connectivity index (χ2v) is 12.1. The van der Waals surface area contributed by atoms with Gasteiger partial charge in [-0.05, 0) is 66.5 Å². The van der Waals surface area contributed by atoms with Crippen molar-refractivity contribution in [1.29, 1.82) is 0 Å². The molecule has 44 heavy (non-hydrogen) atoms. The zero-order chi connectivity index (χ0) is 31.9. The van der Waals surface area contributed by atoms with Crippen molar-refractivity contribution in [1.82, 2.24) is 4.90 Å².